The fraction of sp³-hybridized carbons (Fsp3) is 0.600. The van der Waals surface area contributed by atoms with Crippen LogP contribution in [0.2, 0.25) is 0 Å². The van der Waals surface area contributed by atoms with Crippen molar-refractivity contribution >= 4 is 0 Å². The SMILES string of the molecule is CC(C)NC1(CO)CCC(Oc2ccc(F)c(F)c2)C1. The Labute approximate surface area is 117 Å². The van der Waals surface area contributed by atoms with E-state index in [0.29, 0.717) is 12.2 Å². The van der Waals surface area contributed by atoms with Crippen LogP contribution in [0.25, 0.3) is 0 Å². The predicted molar refractivity (Wildman–Crippen MR) is 72.7 cm³/mol. The molecule has 1 fully saturated rings. The monoisotopic (exact) mass is 285 g/mol. The van der Waals surface area contributed by atoms with E-state index in [0.717, 1.165) is 25.0 Å². The van der Waals surface area contributed by atoms with Crippen LogP contribution >= 0.6 is 0 Å². The zero-order valence-electron chi connectivity index (χ0n) is 11.8. The summed E-state index contributed by atoms with van der Waals surface area (Å²) in [6.07, 6.45) is 2.13. The molecule has 0 amide bonds. The minimum absolute atomic E-state index is 0.0445. The lowest BCUT2D eigenvalue weighted by Gasteiger charge is -2.30. The summed E-state index contributed by atoms with van der Waals surface area (Å²) in [5.74, 6) is -1.46. The molecule has 0 bridgehead atoms. The summed E-state index contributed by atoms with van der Waals surface area (Å²) in [6, 6.07) is 3.81. The fourth-order valence-electron chi connectivity index (χ4n) is 2.85. The lowest BCUT2D eigenvalue weighted by atomic mass is 9.97. The van der Waals surface area contributed by atoms with Crippen molar-refractivity contribution in [2.75, 3.05) is 6.61 Å². The van der Waals surface area contributed by atoms with Crippen LogP contribution in [-0.4, -0.2) is 29.4 Å². The van der Waals surface area contributed by atoms with Crippen LogP contribution in [0.4, 0.5) is 8.78 Å². The van der Waals surface area contributed by atoms with Gasteiger partial charge in [0, 0.05) is 24.1 Å². The minimum Gasteiger partial charge on any atom is -0.490 e. The van der Waals surface area contributed by atoms with E-state index in [4.69, 9.17) is 4.74 Å². The zero-order chi connectivity index (χ0) is 14.8. The number of aliphatic hydroxyl groups excluding tert-OH is 1. The zero-order valence-corrected chi connectivity index (χ0v) is 11.8. The Morgan fingerprint density at radius 2 is 2.15 bits per heavy atom. The summed E-state index contributed by atoms with van der Waals surface area (Å²) in [7, 11) is 0. The first kappa shape index (κ1) is 15.2. The van der Waals surface area contributed by atoms with Crippen LogP contribution in [0.5, 0.6) is 5.75 Å². The van der Waals surface area contributed by atoms with Gasteiger partial charge in [0.15, 0.2) is 11.6 Å². The maximum atomic E-state index is 13.1. The second-order valence-electron chi connectivity index (χ2n) is 5.80. The van der Waals surface area contributed by atoms with Crippen LogP contribution in [0.1, 0.15) is 33.1 Å². The van der Waals surface area contributed by atoms with Crippen LogP contribution < -0.4 is 10.1 Å². The van der Waals surface area contributed by atoms with Gasteiger partial charge in [0.2, 0.25) is 0 Å². The first-order valence-electron chi connectivity index (χ1n) is 6.94. The van der Waals surface area contributed by atoms with Crippen molar-refractivity contribution in [3.8, 4) is 5.75 Å². The highest BCUT2D eigenvalue weighted by Crippen LogP contribution is 2.33. The van der Waals surface area contributed by atoms with E-state index in [2.05, 4.69) is 5.32 Å². The van der Waals surface area contributed by atoms with E-state index in [9.17, 15) is 13.9 Å². The molecule has 1 aliphatic rings. The molecule has 0 radical (unpaired) electrons. The number of hydrogen-bond acceptors (Lipinski definition) is 3. The number of ether oxygens (including phenoxy) is 1. The standard InChI is InChI=1S/C15H21F2NO2/c1-10(2)18-15(9-19)6-5-12(8-15)20-11-3-4-13(16)14(17)7-11/h3-4,7,10,12,18-19H,5-6,8-9H2,1-2H3. The minimum atomic E-state index is -0.908. The molecule has 0 aliphatic heterocycles. The molecule has 5 heteroatoms. The highest BCUT2D eigenvalue weighted by molar-refractivity contribution is 5.24. The smallest absolute Gasteiger partial charge is 0.162 e. The van der Waals surface area contributed by atoms with Crippen molar-refractivity contribution in [3.63, 3.8) is 0 Å². The summed E-state index contributed by atoms with van der Waals surface area (Å²) in [5, 5.41) is 13.0. The Hall–Kier alpha value is -1.20. The highest BCUT2D eigenvalue weighted by atomic mass is 19.2. The molecule has 1 aliphatic carbocycles. The van der Waals surface area contributed by atoms with Gasteiger partial charge in [-0.25, -0.2) is 8.78 Å². The largest absolute Gasteiger partial charge is 0.490 e. The van der Waals surface area contributed by atoms with E-state index in [1.165, 1.54) is 6.07 Å². The van der Waals surface area contributed by atoms with Crippen LogP contribution in [-0.2, 0) is 0 Å². The quantitative estimate of drug-likeness (QED) is 0.874. The first-order chi connectivity index (χ1) is 9.44. The number of hydrogen-bond donors (Lipinski definition) is 2. The van der Waals surface area contributed by atoms with E-state index >= 15 is 0 Å². The molecular formula is C15H21F2NO2. The predicted octanol–water partition coefficient (Wildman–Crippen LogP) is 2.63. The summed E-state index contributed by atoms with van der Waals surface area (Å²) in [4.78, 5) is 0. The van der Waals surface area contributed by atoms with E-state index in [1.807, 2.05) is 13.8 Å². The molecule has 112 valence electrons. The van der Waals surface area contributed by atoms with Crippen LogP contribution in [0.3, 0.4) is 0 Å². The Morgan fingerprint density at radius 3 is 2.75 bits per heavy atom. The van der Waals surface area contributed by atoms with Gasteiger partial charge < -0.3 is 15.2 Å². The topological polar surface area (TPSA) is 41.5 Å². The highest BCUT2D eigenvalue weighted by Gasteiger charge is 2.40. The molecule has 2 atom stereocenters. The van der Waals surface area contributed by atoms with Crippen molar-refractivity contribution in [2.24, 2.45) is 0 Å². The van der Waals surface area contributed by atoms with Gasteiger partial charge in [0.25, 0.3) is 0 Å². The average molecular weight is 285 g/mol. The van der Waals surface area contributed by atoms with Crippen LogP contribution in [0, 0.1) is 11.6 Å². The molecule has 1 saturated carbocycles. The number of halogens is 2. The van der Waals surface area contributed by atoms with E-state index in [-0.39, 0.29) is 24.3 Å². The molecule has 2 unspecified atom stereocenters. The third kappa shape index (κ3) is 3.46. The third-order valence-electron chi connectivity index (χ3n) is 3.65. The molecule has 3 nitrogen and oxygen atoms in total. The summed E-state index contributed by atoms with van der Waals surface area (Å²) >= 11 is 0. The second-order valence-corrected chi connectivity index (χ2v) is 5.80. The Kier molecular flexibility index (Phi) is 4.60. The molecule has 0 saturated heterocycles. The van der Waals surface area contributed by atoms with Crippen LogP contribution in [0.15, 0.2) is 18.2 Å². The average Bonchev–Trinajstić information content (AvgIpc) is 2.77. The maximum absolute atomic E-state index is 13.1. The second kappa shape index (κ2) is 6.06. The van der Waals surface area contributed by atoms with Crippen molar-refractivity contribution in [1.29, 1.82) is 0 Å². The Bertz CT molecular complexity index is 467. The van der Waals surface area contributed by atoms with Gasteiger partial charge in [-0.3, -0.25) is 0 Å². The van der Waals surface area contributed by atoms with Gasteiger partial charge in [0.05, 0.1) is 6.61 Å². The number of nitrogens with one attached hydrogen (secondary N) is 1. The summed E-state index contributed by atoms with van der Waals surface area (Å²) in [5.41, 5.74) is -0.336. The van der Waals surface area contributed by atoms with Gasteiger partial charge in [-0.2, -0.15) is 0 Å². The molecule has 0 heterocycles. The summed E-state index contributed by atoms with van der Waals surface area (Å²) in [6.45, 7) is 4.10. The number of benzene rings is 1. The van der Waals surface area contributed by atoms with E-state index in [1.54, 1.807) is 0 Å². The van der Waals surface area contributed by atoms with Gasteiger partial charge >= 0.3 is 0 Å². The normalized spacial score (nSPS) is 26.2. The molecule has 2 rings (SSSR count). The summed E-state index contributed by atoms with van der Waals surface area (Å²) < 4.78 is 31.7. The lowest BCUT2D eigenvalue weighted by molar-refractivity contribution is 0.133. The molecule has 2 N–H and O–H groups in total. The molecule has 0 spiro atoms. The lowest BCUT2D eigenvalue weighted by Crippen LogP contribution is -2.50. The van der Waals surface area contributed by atoms with Crippen molar-refractivity contribution < 1.29 is 18.6 Å². The van der Waals surface area contributed by atoms with Gasteiger partial charge in [-0.1, -0.05) is 13.8 Å². The number of aliphatic hydroxyl groups is 1. The van der Waals surface area contributed by atoms with Gasteiger partial charge in [0.1, 0.15) is 11.9 Å². The molecule has 0 aromatic heterocycles. The van der Waals surface area contributed by atoms with Gasteiger partial charge in [-0.05, 0) is 25.0 Å². The molecule has 1 aromatic rings. The Morgan fingerprint density at radius 1 is 1.40 bits per heavy atom. The van der Waals surface area contributed by atoms with Gasteiger partial charge in [-0.15, -0.1) is 0 Å². The Balaban J connectivity index is 2.00. The van der Waals surface area contributed by atoms with Crippen molar-refractivity contribution in [3.05, 3.63) is 29.8 Å². The third-order valence-corrected chi connectivity index (χ3v) is 3.65. The molecular weight excluding hydrogens is 264 g/mol. The molecule has 1 aromatic carbocycles. The van der Waals surface area contributed by atoms with E-state index < -0.39 is 11.6 Å². The number of rotatable bonds is 5. The maximum Gasteiger partial charge on any atom is 0.162 e. The fourth-order valence-corrected chi connectivity index (χ4v) is 2.85. The first-order valence-corrected chi connectivity index (χ1v) is 6.94. The molecule has 20 heavy (non-hydrogen) atoms. The van der Waals surface area contributed by atoms with Crippen molar-refractivity contribution in [2.45, 2.75) is 50.8 Å². The van der Waals surface area contributed by atoms with Crippen molar-refractivity contribution in [1.82, 2.24) is 5.32 Å².